The van der Waals surface area contributed by atoms with Gasteiger partial charge >= 0.3 is 23.6 Å². The maximum absolute atomic E-state index is 12.5. The number of carboxylic acid groups (broad SMARTS) is 2. The molecule has 0 saturated carbocycles. The monoisotopic (exact) mass is 395 g/mol. The van der Waals surface area contributed by atoms with E-state index in [9.17, 15) is 24.3 Å². The Labute approximate surface area is 160 Å². The Morgan fingerprint density at radius 1 is 1.07 bits per heavy atom. The molecule has 2 amide bonds. The molecule has 2 rings (SSSR count). The van der Waals surface area contributed by atoms with Crippen molar-refractivity contribution in [3.63, 3.8) is 0 Å². The first-order valence-corrected chi connectivity index (χ1v) is 8.49. The number of hydrogen-bond acceptors (Lipinski definition) is 7. The van der Waals surface area contributed by atoms with E-state index < -0.39 is 36.1 Å². The predicted octanol–water partition coefficient (Wildman–Crippen LogP) is -0.905. The van der Waals surface area contributed by atoms with E-state index in [2.05, 4.69) is 10.7 Å². The normalized spacial score (nSPS) is 16.4. The van der Waals surface area contributed by atoms with Crippen molar-refractivity contribution in [2.45, 2.75) is 18.6 Å². The smallest absolute Gasteiger partial charge is 0.394 e. The van der Waals surface area contributed by atoms with Crippen molar-refractivity contribution in [3.05, 3.63) is 30.3 Å². The van der Waals surface area contributed by atoms with Crippen LogP contribution in [0.4, 0.5) is 0 Å². The molecule has 1 atom stereocenters. The van der Waals surface area contributed by atoms with Crippen LogP contribution in [0.3, 0.4) is 0 Å². The molecule has 1 aliphatic rings. The zero-order chi connectivity index (χ0) is 20.6. The van der Waals surface area contributed by atoms with Gasteiger partial charge < -0.3 is 25.0 Å². The number of benzene rings is 1. The van der Waals surface area contributed by atoms with Crippen LogP contribution in [0.5, 0.6) is 5.75 Å². The Morgan fingerprint density at radius 3 is 2.29 bits per heavy atom. The van der Waals surface area contributed by atoms with Gasteiger partial charge in [-0.3, -0.25) is 20.4 Å². The summed E-state index contributed by atoms with van der Waals surface area (Å²) in [7, 11) is 0. The van der Waals surface area contributed by atoms with E-state index >= 15 is 0 Å². The van der Waals surface area contributed by atoms with Gasteiger partial charge in [-0.15, -0.1) is 0 Å². The third-order valence-electron chi connectivity index (χ3n) is 3.99. The van der Waals surface area contributed by atoms with Crippen molar-refractivity contribution < 1.29 is 38.9 Å². The van der Waals surface area contributed by atoms with Crippen LogP contribution in [-0.4, -0.2) is 59.4 Å². The summed E-state index contributed by atoms with van der Waals surface area (Å²) in [5, 5.41) is 21.5. The molecule has 0 aliphatic carbocycles. The zero-order valence-corrected chi connectivity index (χ0v) is 14.8. The number of aliphatic carboxylic acids is 2. The van der Waals surface area contributed by atoms with Crippen LogP contribution in [0.1, 0.15) is 12.8 Å². The minimum absolute atomic E-state index is 0.0462. The van der Waals surface area contributed by atoms with Crippen LogP contribution in [0.25, 0.3) is 0 Å². The van der Waals surface area contributed by atoms with Crippen LogP contribution in [0, 0.1) is 5.92 Å². The Morgan fingerprint density at radius 2 is 1.71 bits per heavy atom. The molecule has 11 nitrogen and oxygen atoms in total. The Hall–Kier alpha value is -3.18. The van der Waals surface area contributed by atoms with Crippen molar-refractivity contribution in [3.8, 4) is 5.75 Å². The molecule has 1 aromatic carbocycles. The van der Waals surface area contributed by atoms with Crippen LogP contribution in [-0.2, 0) is 23.9 Å². The fourth-order valence-corrected chi connectivity index (χ4v) is 2.55. The lowest BCUT2D eigenvalue weighted by Gasteiger charge is -2.28. The van der Waals surface area contributed by atoms with Gasteiger partial charge in [0.2, 0.25) is 5.91 Å². The number of nitrogens with one attached hydrogen (secondary N) is 3. The summed E-state index contributed by atoms with van der Waals surface area (Å²) in [6.45, 7) is 0.169. The second-order valence-electron chi connectivity index (χ2n) is 5.99. The molecule has 28 heavy (non-hydrogen) atoms. The highest BCUT2D eigenvalue weighted by atomic mass is 16.7. The summed E-state index contributed by atoms with van der Waals surface area (Å²) in [6.07, 6.45) is 1.11. The van der Waals surface area contributed by atoms with E-state index in [1.54, 1.807) is 6.07 Å². The molecule has 0 spiro atoms. The van der Waals surface area contributed by atoms with E-state index in [4.69, 9.17) is 14.6 Å². The fraction of sp³-hybridized carbons (Fsp3) is 0.412. The number of carbonyl (C=O) groups is 4. The first-order valence-electron chi connectivity index (χ1n) is 8.49. The molecule has 1 unspecified atom stereocenters. The highest BCUT2D eigenvalue weighted by Crippen LogP contribution is 2.21. The Bertz CT molecular complexity index is 720. The molecule has 1 saturated heterocycles. The van der Waals surface area contributed by atoms with Gasteiger partial charge in [0.05, 0.1) is 0 Å². The van der Waals surface area contributed by atoms with Gasteiger partial charge in [0, 0.05) is 5.92 Å². The van der Waals surface area contributed by atoms with Crippen molar-refractivity contribution in [2.24, 2.45) is 5.92 Å². The maximum atomic E-state index is 12.5. The second kappa shape index (κ2) is 9.67. The standard InChI is InChI=1S/C17H21N3O8/c21-13(22)10-27-17(16(25)26,28-12-4-2-1-3-5-12)15(24)20-19-14(23)11-6-8-18-9-7-11/h1-5,11,18H,6-10H2,(H,19,23)(H,20,24)(H,21,22)(H,25,26). The first kappa shape index (κ1) is 21.1. The average molecular weight is 395 g/mol. The van der Waals surface area contributed by atoms with Gasteiger partial charge in [-0.05, 0) is 38.1 Å². The summed E-state index contributed by atoms with van der Waals surface area (Å²) < 4.78 is 10.00. The topological polar surface area (TPSA) is 163 Å². The molecular weight excluding hydrogens is 374 g/mol. The number of piperidine rings is 1. The van der Waals surface area contributed by atoms with E-state index in [1.807, 2.05) is 5.43 Å². The highest BCUT2D eigenvalue weighted by molar-refractivity contribution is 6.04. The number of rotatable bonds is 8. The van der Waals surface area contributed by atoms with E-state index in [1.165, 1.54) is 24.3 Å². The Balaban J connectivity index is 2.15. The molecule has 1 heterocycles. The minimum atomic E-state index is -3.01. The third kappa shape index (κ3) is 5.41. The molecule has 1 aliphatic heterocycles. The predicted molar refractivity (Wildman–Crippen MR) is 92.9 cm³/mol. The zero-order valence-electron chi connectivity index (χ0n) is 14.8. The summed E-state index contributed by atoms with van der Waals surface area (Å²) in [5.41, 5.74) is 4.11. The second-order valence-corrected chi connectivity index (χ2v) is 5.99. The van der Waals surface area contributed by atoms with Gasteiger partial charge in [0.15, 0.2) is 0 Å². The molecule has 0 bridgehead atoms. The van der Waals surface area contributed by atoms with E-state index in [0.29, 0.717) is 25.9 Å². The summed E-state index contributed by atoms with van der Waals surface area (Å²) in [5.74, 6) is -8.67. The summed E-state index contributed by atoms with van der Waals surface area (Å²) in [4.78, 5) is 47.3. The molecule has 0 radical (unpaired) electrons. The van der Waals surface area contributed by atoms with Crippen LogP contribution >= 0.6 is 0 Å². The lowest BCUT2D eigenvalue weighted by molar-refractivity contribution is -0.214. The van der Waals surface area contributed by atoms with Crippen molar-refractivity contribution in [1.82, 2.24) is 16.2 Å². The number of carboxylic acids is 2. The van der Waals surface area contributed by atoms with Crippen molar-refractivity contribution in [1.29, 1.82) is 0 Å². The summed E-state index contributed by atoms with van der Waals surface area (Å²) >= 11 is 0. The van der Waals surface area contributed by atoms with Crippen molar-refractivity contribution >= 4 is 23.8 Å². The van der Waals surface area contributed by atoms with E-state index in [0.717, 1.165) is 0 Å². The number of ether oxygens (including phenoxy) is 2. The largest absolute Gasteiger partial charge is 0.480 e. The SMILES string of the molecule is O=C(O)COC(Oc1ccccc1)(C(=O)O)C(=O)NNC(=O)C1CCNCC1. The maximum Gasteiger partial charge on any atom is 0.394 e. The quantitative estimate of drug-likeness (QED) is 0.213. The lowest BCUT2D eigenvalue weighted by Crippen LogP contribution is -2.62. The summed E-state index contributed by atoms with van der Waals surface area (Å²) in [6, 6.07) is 7.41. The number of hydrazine groups is 1. The first-order chi connectivity index (χ1) is 13.3. The molecule has 1 aromatic rings. The lowest BCUT2D eigenvalue weighted by atomic mass is 9.98. The van der Waals surface area contributed by atoms with Gasteiger partial charge in [0.25, 0.3) is 0 Å². The number of para-hydroxylation sites is 1. The van der Waals surface area contributed by atoms with Gasteiger partial charge in [-0.25, -0.2) is 9.59 Å². The fourth-order valence-electron chi connectivity index (χ4n) is 2.55. The van der Waals surface area contributed by atoms with Gasteiger partial charge in [0.1, 0.15) is 12.4 Å². The number of hydrogen-bond donors (Lipinski definition) is 5. The van der Waals surface area contributed by atoms with Gasteiger partial charge in [-0.1, -0.05) is 18.2 Å². The number of amides is 2. The van der Waals surface area contributed by atoms with Crippen LogP contribution in [0.2, 0.25) is 0 Å². The molecule has 1 fully saturated rings. The molecule has 152 valence electrons. The van der Waals surface area contributed by atoms with Gasteiger partial charge in [-0.2, -0.15) is 0 Å². The van der Waals surface area contributed by atoms with Crippen molar-refractivity contribution in [2.75, 3.05) is 19.7 Å². The molecule has 11 heteroatoms. The van der Waals surface area contributed by atoms with Crippen LogP contribution < -0.4 is 20.9 Å². The molecule has 0 aromatic heterocycles. The average Bonchev–Trinajstić information content (AvgIpc) is 2.70. The molecular formula is C17H21N3O8. The number of carbonyl (C=O) groups excluding carboxylic acids is 2. The van der Waals surface area contributed by atoms with E-state index in [-0.39, 0.29) is 11.7 Å². The Kier molecular flexibility index (Phi) is 7.29. The third-order valence-corrected chi connectivity index (χ3v) is 3.99. The highest BCUT2D eigenvalue weighted by Gasteiger charge is 2.52. The molecule has 5 N–H and O–H groups in total. The minimum Gasteiger partial charge on any atom is -0.480 e. The van der Waals surface area contributed by atoms with Crippen LogP contribution in [0.15, 0.2) is 30.3 Å².